The lowest BCUT2D eigenvalue weighted by Gasteiger charge is -2.03. The fraction of sp³-hybridized carbons (Fsp3) is 0.100. The number of carboxylic acid groups (broad SMARTS) is 1. The molecular weight excluding hydrogens is 198 g/mol. The van der Waals surface area contributed by atoms with E-state index in [4.69, 9.17) is 9.84 Å². The molecule has 0 amide bonds. The van der Waals surface area contributed by atoms with E-state index in [0.717, 1.165) is 0 Å². The summed E-state index contributed by atoms with van der Waals surface area (Å²) in [6.07, 6.45) is 3.21. The third-order valence-electron chi connectivity index (χ3n) is 1.59. The van der Waals surface area contributed by atoms with Gasteiger partial charge in [0.05, 0.1) is 24.4 Å². The number of aliphatic carboxylic acids is 1. The van der Waals surface area contributed by atoms with Gasteiger partial charge < -0.3 is 9.84 Å². The summed E-state index contributed by atoms with van der Waals surface area (Å²) in [6, 6.07) is 0. The third kappa shape index (κ3) is 2.54. The van der Waals surface area contributed by atoms with Crippen LogP contribution in [0.25, 0.3) is 0 Å². The molecule has 1 heterocycles. The lowest BCUT2D eigenvalue weighted by atomic mass is 10.1. The minimum atomic E-state index is -1.27. The van der Waals surface area contributed by atoms with Crippen LogP contribution in [0.4, 0.5) is 0 Å². The van der Waals surface area contributed by atoms with Gasteiger partial charge in [-0.05, 0) is 0 Å². The van der Waals surface area contributed by atoms with E-state index in [2.05, 4.69) is 10.9 Å². The average Bonchev–Trinajstić information content (AvgIpc) is 2.25. The van der Waals surface area contributed by atoms with Crippen LogP contribution < -0.4 is 4.74 Å². The van der Waals surface area contributed by atoms with Crippen molar-refractivity contribution in [1.29, 1.82) is 0 Å². The summed E-state index contributed by atoms with van der Waals surface area (Å²) in [5.74, 6) is 3.21. The predicted molar refractivity (Wildman–Crippen MR) is 50.7 cm³/mol. The monoisotopic (exact) mass is 205 g/mol. The standard InChI is InChI=1S/C10H7NO4/c1-15-9-5-11-4-7(8(9)6-12)2-3-10(13)14/h4-6H,1H3,(H,13,14). The molecule has 1 rings (SSSR count). The number of carbonyl (C=O) groups is 2. The minimum Gasteiger partial charge on any atom is -0.494 e. The molecule has 0 spiro atoms. The summed E-state index contributed by atoms with van der Waals surface area (Å²) in [5, 5.41) is 8.35. The smallest absolute Gasteiger partial charge is 0.382 e. The highest BCUT2D eigenvalue weighted by Gasteiger charge is 2.06. The first-order valence-electron chi connectivity index (χ1n) is 3.91. The molecule has 0 saturated carbocycles. The zero-order chi connectivity index (χ0) is 11.3. The maximum absolute atomic E-state index is 10.7. The quantitative estimate of drug-likeness (QED) is 0.556. The zero-order valence-electron chi connectivity index (χ0n) is 7.85. The first-order chi connectivity index (χ1) is 7.19. The molecule has 0 aliphatic carbocycles. The number of nitrogens with zero attached hydrogens (tertiary/aromatic N) is 1. The minimum absolute atomic E-state index is 0.196. The second-order valence-corrected chi connectivity index (χ2v) is 2.48. The van der Waals surface area contributed by atoms with Gasteiger partial charge in [0.1, 0.15) is 5.75 Å². The predicted octanol–water partition coefficient (Wildman–Crippen LogP) is 0.339. The normalized spacial score (nSPS) is 8.60. The average molecular weight is 205 g/mol. The number of pyridine rings is 1. The van der Waals surface area contributed by atoms with Crippen molar-refractivity contribution in [3.05, 3.63) is 23.5 Å². The number of aldehydes is 1. The number of ether oxygens (including phenoxy) is 1. The fourth-order valence-corrected chi connectivity index (χ4v) is 0.956. The van der Waals surface area contributed by atoms with Gasteiger partial charge in [-0.25, -0.2) is 4.79 Å². The van der Waals surface area contributed by atoms with Crippen LogP contribution in [-0.2, 0) is 4.79 Å². The molecule has 5 nitrogen and oxygen atoms in total. The Hall–Kier alpha value is -2.35. The molecule has 0 aliphatic heterocycles. The van der Waals surface area contributed by atoms with Crippen molar-refractivity contribution in [2.24, 2.45) is 0 Å². The highest BCUT2D eigenvalue weighted by Crippen LogP contribution is 2.17. The number of aromatic nitrogens is 1. The Balaban J connectivity index is 3.25. The van der Waals surface area contributed by atoms with E-state index in [9.17, 15) is 9.59 Å². The highest BCUT2D eigenvalue weighted by molar-refractivity contribution is 5.89. The summed E-state index contributed by atoms with van der Waals surface area (Å²) in [4.78, 5) is 24.7. The molecule has 15 heavy (non-hydrogen) atoms. The van der Waals surface area contributed by atoms with Crippen molar-refractivity contribution in [1.82, 2.24) is 4.98 Å². The maximum Gasteiger partial charge on any atom is 0.382 e. The summed E-state index contributed by atoms with van der Waals surface area (Å²) < 4.78 is 4.87. The van der Waals surface area contributed by atoms with Gasteiger partial charge in [0, 0.05) is 12.1 Å². The van der Waals surface area contributed by atoms with Gasteiger partial charge in [-0.2, -0.15) is 0 Å². The molecule has 0 aromatic carbocycles. The number of hydrogen-bond acceptors (Lipinski definition) is 4. The van der Waals surface area contributed by atoms with Crippen molar-refractivity contribution < 1.29 is 19.4 Å². The molecule has 0 fully saturated rings. The Morgan fingerprint density at radius 1 is 1.60 bits per heavy atom. The molecular formula is C10H7NO4. The molecule has 0 unspecified atom stereocenters. The van der Waals surface area contributed by atoms with Crippen LogP contribution in [0.3, 0.4) is 0 Å². The number of carboxylic acids is 1. The van der Waals surface area contributed by atoms with Crippen molar-refractivity contribution in [3.63, 3.8) is 0 Å². The Morgan fingerprint density at radius 3 is 2.87 bits per heavy atom. The molecule has 1 N–H and O–H groups in total. The Bertz CT molecular complexity index is 456. The van der Waals surface area contributed by atoms with E-state index in [0.29, 0.717) is 6.29 Å². The van der Waals surface area contributed by atoms with Gasteiger partial charge >= 0.3 is 5.97 Å². The van der Waals surface area contributed by atoms with Gasteiger partial charge in [-0.1, -0.05) is 5.92 Å². The topological polar surface area (TPSA) is 76.5 Å². The molecule has 0 saturated heterocycles. The Kier molecular flexibility index (Phi) is 3.41. The molecule has 0 atom stereocenters. The van der Waals surface area contributed by atoms with Gasteiger partial charge in [-0.15, -0.1) is 0 Å². The molecule has 1 aromatic rings. The van der Waals surface area contributed by atoms with E-state index in [-0.39, 0.29) is 16.9 Å². The van der Waals surface area contributed by atoms with Crippen molar-refractivity contribution in [2.75, 3.05) is 7.11 Å². The van der Waals surface area contributed by atoms with Crippen LogP contribution in [0.1, 0.15) is 15.9 Å². The van der Waals surface area contributed by atoms with Crippen molar-refractivity contribution >= 4 is 12.3 Å². The molecule has 1 aromatic heterocycles. The van der Waals surface area contributed by atoms with E-state index in [1.807, 2.05) is 5.92 Å². The zero-order valence-corrected chi connectivity index (χ0v) is 7.85. The lowest BCUT2D eigenvalue weighted by molar-refractivity contribution is -0.130. The van der Waals surface area contributed by atoms with Gasteiger partial charge in [0.15, 0.2) is 6.29 Å². The number of hydrogen-bond donors (Lipinski definition) is 1. The van der Waals surface area contributed by atoms with E-state index >= 15 is 0 Å². The largest absolute Gasteiger partial charge is 0.494 e. The number of rotatable bonds is 2. The van der Waals surface area contributed by atoms with Gasteiger partial charge in [-0.3, -0.25) is 9.78 Å². The van der Waals surface area contributed by atoms with Crippen LogP contribution in [-0.4, -0.2) is 29.5 Å². The first kappa shape index (κ1) is 10.7. The summed E-state index contributed by atoms with van der Waals surface area (Å²) >= 11 is 0. The van der Waals surface area contributed by atoms with Crippen LogP contribution in [0.2, 0.25) is 0 Å². The third-order valence-corrected chi connectivity index (χ3v) is 1.59. The van der Waals surface area contributed by atoms with E-state index in [1.54, 1.807) is 0 Å². The molecule has 0 bridgehead atoms. The Labute approximate surface area is 85.7 Å². The second-order valence-electron chi connectivity index (χ2n) is 2.48. The number of carbonyl (C=O) groups excluding carboxylic acids is 1. The maximum atomic E-state index is 10.7. The van der Waals surface area contributed by atoms with E-state index in [1.165, 1.54) is 19.5 Å². The van der Waals surface area contributed by atoms with Crippen LogP contribution in [0.15, 0.2) is 12.4 Å². The van der Waals surface area contributed by atoms with Crippen molar-refractivity contribution in [3.8, 4) is 17.6 Å². The Morgan fingerprint density at radius 2 is 2.33 bits per heavy atom. The van der Waals surface area contributed by atoms with E-state index < -0.39 is 5.97 Å². The first-order valence-corrected chi connectivity index (χ1v) is 3.91. The summed E-state index contributed by atoms with van der Waals surface area (Å²) in [6.45, 7) is 0. The van der Waals surface area contributed by atoms with Crippen LogP contribution >= 0.6 is 0 Å². The van der Waals surface area contributed by atoms with Crippen LogP contribution in [0, 0.1) is 11.8 Å². The molecule has 5 heteroatoms. The fourth-order valence-electron chi connectivity index (χ4n) is 0.956. The number of methoxy groups -OCH3 is 1. The van der Waals surface area contributed by atoms with Crippen molar-refractivity contribution in [2.45, 2.75) is 0 Å². The SMILES string of the molecule is COc1cncc(C#CC(=O)O)c1C=O. The van der Waals surface area contributed by atoms with Gasteiger partial charge in [0.25, 0.3) is 0 Å². The van der Waals surface area contributed by atoms with Gasteiger partial charge in [0.2, 0.25) is 0 Å². The molecule has 0 radical (unpaired) electrons. The summed E-state index contributed by atoms with van der Waals surface area (Å²) in [5.41, 5.74) is 0.424. The summed E-state index contributed by atoms with van der Waals surface area (Å²) in [7, 11) is 1.39. The highest BCUT2D eigenvalue weighted by atomic mass is 16.5. The van der Waals surface area contributed by atoms with Crippen LogP contribution in [0.5, 0.6) is 5.75 Å². The second kappa shape index (κ2) is 4.77. The molecule has 76 valence electrons. The molecule has 0 aliphatic rings. The lowest BCUT2D eigenvalue weighted by Crippen LogP contribution is -1.96.